The molecule has 0 atom stereocenters. The fraction of sp³-hybridized carbons (Fsp3) is 0.333. The summed E-state index contributed by atoms with van der Waals surface area (Å²) >= 11 is 0. The number of nitrogens with one attached hydrogen (secondary N) is 1. The number of amides is 1. The van der Waals surface area contributed by atoms with Crippen molar-refractivity contribution in [3.05, 3.63) is 34.9 Å². The van der Waals surface area contributed by atoms with Crippen molar-refractivity contribution in [1.82, 2.24) is 24.5 Å². The van der Waals surface area contributed by atoms with Gasteiger partial charge < -0.3 is 0 Å². The largest absolute Gasteiger partial charge is 0.268 e. The van der Waals surface area contributed by atoms with Crippen LogP contribution in [0.3, 0.4) is 0 Å². The standard InChI is InChI=1S/C12H15N5O3S/c1-7-5-8(2)14-12(13-7)17-6-10(9(3)15-17)11(18)16-21(4,19)20/h5-6H,1-4H3,(H,16,18). The highest BCUT2D eigenvalue weighted by molar-refractivity contribution is 7.89. The average Bonchev–Trinajstić information content (AvgIpc) is 2.68. The Morgan fingerprint density at radius 3 is 2.29 bits per heavy atom. The van der Waals surface area contributed by atoms with E-state index < -0.39 is 15.9 Å². The molecule has 21 heavy (non-hydrogen) atoms. The van der Waals surface area contributed by atoms with Crippen molar-refractivity contribution in [3.63, 3.8) is 0 Å². The zero-order chi connectivity index (χ0) is 15.8. The minimum atomic E-state index is -3.62. The highest BCUT2D eigenvalue weighted by Gasteiger charge is 2.18. The van der Waals surface area contributed by atoms with Crippen LogP contribution < -0.4 is 4.72 Å². The van der Waals surface area contributed by atoms with Crippen molar-refractivity contribution < 1.29 is 13.2 Å². The summed E-state index contributed by atoms with van der Waals surface area (Å²) in [5.74, 6) is -0.403. The second-order valence-electron chi connectivity index (χ2n) is 4.73. The number of hydrogen-bond acceptors (Lipinski definition) is 6. The number of rotatable bonds is 3. The quantitative estimate of drug-likeness (QED) is 0.872. The van der Waals surface area contributed by atoms with Crippen LogP contribution in [0.15, 0.2) is 12.3 Å². The molecule has 1 amide bonds. The van der Waals surface area contributed by atoms with Crippen LogP contribution in [0.25, 0.3) is 5.95 Å². The van der Waals surface area contributed by atoms with E-state index in [2.05, 4.69) is 15.1 Å². The summed E-state index contributed by atoms with van der Waals surface area (Å²) in [7, 11) is -3.62. The summed E-state index contributed by atoms with van der Waals surface area (Å²) in [5, 5.41) is 4.15. The zero-order valence-corrected chi connectivity index (χ0v) is 12.9. The van der Waals surface area contributed by atoms with Gasteiger partial charge in [0.05, 0.1) is 17.5 Å². The molecule has 0 aliphatic rings. The Bertz CT molecular complexity index is 790. The molecule has 8 nitrogen and oxygen atoms in total. The van der Waals surface area contributed by atoms with Crippen LogP contribution in [-0.2, 0) is 10.0 Å². The second-order valence-corrected chi connectivity index (χ2v) is 6.48. The molecule has 0 saturated carbocycles. The second kappa shape index (κ2) is 5.24. The van der Waals surface area contributed by atoms with Crippen LogP contribution in [0, 0.1) is 20.8 Å². The molecule has 2 heterocycles. The Kier molecular flexibility index (Phi) is 3.77. The van der Waals surface area contributed by atoms with E-state index >= 15 is 0 Å². The molecular formula is C12H15N5O3S. The lowest BCUT2D eigenvalue weighted by molar-refractivity contribution is 0.0981. The van der Waals surface area contributed by atoms with E-state index in [4.69, 9.17) is 0 Å². The van der Waals surface area contributed by atoms with E-state index in [1.165, 1.54) is 10.9 Å². The van der Waals surface area contributed by atoms with E-state index in [0.717, 1.165) is 17.6 Å². The van der Waals surface area contributed by atoms with Crippen LogP contribution in [0.2, 0.25) is 0 Å². The third-order valence-corrected chi connectivity index (χ3v) is 3.15. The van der Waals surface area contributed by atoms with Crippen LogP contribution in [0.5, 0.6) is 0 Å². The van der Waals surface area contributed by atoms with Crippen LogP contribution in [0.4, 0.5) is 0 Å². The van der Waals surface area contributed by atoms with Gasteiger partial charge in [-0.15, -0.1) is 0 Å². The molecule has 0 spiro atoms. The van der Waals surface area contributed by atoms with Gasteiger partial charge in [-0.3, -0.25) is 4.79 Å². The Morgan fingerprint density at radius 1 is 1.19 bits per heavy atom. The topological polar surface area (TPSA) is 107 Å². The minimum absolute atomic E-state index is 0.156. The van der Waals surface area contributed by atoms with E-state index in [1.807, 2.05) is 24.6 Å². The Morgan fingerprint density at radius 2 is 1.76 bits per heavy atom. The molecule has 9 heteroatoms. The Balaban J connectivity index is 2.41. The van der Waals surface area contributed by atoms with E-state index in [0.29, 0.717) is 11.6 Å². The van der Waals surface area contributed by atoms with Crippen molar-refractivity contribution in [3.8, 4) is 5.95 Å². The summed E-state index contributed by atoms with van der Waals surface area (Å²) in [5.41, 5.74) is 2.09. The lowest BCUT2D eigenvalue weighted by atomic mass is 10.2. The smallest absolute Gasteiger partial charge is 0.268 e. The number of aryl methyl sites for hydroxylation is 3. The van der Waals surface area contributed by atoms with Crippen molar-refractivity contribution >= 4 is 15.9 Å². The first kappa shape index (κ1) is 15.1. The predicted octanol–water partition coefficient (Wildman–Crippen LogP) is 0.277. The highest BCUT2D eigenvalue weighted by atomic mass is 32.2. The SMILES string of the molecule is Cc1cc(C)nc(-n2cc(C(=O)NS(C)(=O)=O)c(C)n2)n1. The van der Waals surface area contributed by atoms with Gasteiger partial charge in [0.25, 0.3) is 11.9 Å². The van der Waals surface area contributed by atoms with Crippen LogP contribution in [-0.4, -0.2) is 40.3 Å². The maximum Gasteiger partial charge on any atom is 0.268 e. The molecule has 2 aromatic rings. The number of hydrogen-bond donors (Lipinski definition) is 1. The number of nitrogens with zero attached hydrogens (tertiary/aromatic N) is 4. The number of carbonyl (C=O) groups excluding carboxylic acids is 1. The number of carbonyl (C=O) groups is 1. The molecule has 2 rings (SSSR count). The monoisotopic (exact) mass is 309 g/mol. The summed E-state index contributed by atoms with van der Waals surface area (Å²) in [4.78, 5) is 20.3. The third-order valence-electron chi connectivity index (χ3n) is 2.60. The summed E-state index contributed by atoms with van der Waals surface area (Å²) in [6.45, 7) is 5.26. The first-order valence-electron chi connectivity index (χ1n) is 6.07. The normalized spacial score (nSPS) is 11.4. The van der Waals surface area contributed by atoms with E-state index in [9.17, 15) is 13.2 Å². The molecule has 0 aliphatic heterocycles. The predicted molar refractivity (Wildman–Crippen MR) is 75.7 cm³/mol. The summed E-state index contributed by atoms with van der Waals surface area (Å²) in [6.07, 6.45) is 2.32. The van der Waals surface area contributed by atoms with Gasteiger partial charge in [-0.1, -0.05) is 0 Å². The van der Waals surface area contributed by atoms with Gasteiger partial charge in [-0.05, 0) is 26.8 Å². The van der Waals surface area contributed by atoms with Gasteiger partial charge in [-0.2, -0.15) is 5.10 Å². The zero-order valence-electron chi connectivity index (χ0n) is 12.1. The molecule has 0 radical (unpaired) electrons. The van der Waals surface area contributed by atoms with Crippen molar-refractivity contribution in [2.24, 2.45) is 0 Å². The van der Waals surface area contributed by atoms with Gasteiger partial charge in [0.2, 0.25) is 10.0 Å². The van der Waals surface area contributed by atoms with Crippen LogP contribution in [0.1, 0.15) is 27.4 Å². The Hall–Kier alpha value is -2.29. The van der Waals surface area contributed by atoms with Crippen molar-refractivity contribution in [2.45, 2.75) is 20.8 Å². The fourth-order valence-corrected chi connectivity index (χ4v) is 2.27. The van der Waals surface area contributed by atoms with Gasteiger partial charge in [0, 0.05) is 17.6 Å². The number of sulfonamides is 1. The van der Waals surface area contributed by atoms with E-state index in [-0.39, 0.29) is 5.56 Å². The molecule has 2 aromatic heterocycles. The molecule has 0 bridgehead atoms. The molecule has 112 valence electrons. The van der Waals surface area contributed by atoms with Gasteiger partial charge in [0.15, 0.2) is 0 Å². The molecule has 0 unspecified atom stereocenters. The first-order valence-corrected chi connectivity index (χ1v) is 7.96. The summed E-state index contributed by atoms with van der Waals surface area (Å²) in [6, 6.07) is 1.82. The summed E-state index contributed by atoms with van der Waals surface area (Å²) < 4.78 is 25.5. The average molecular weight is 309 g/mol. The third kappa shape index (κ3) is 3.63. The minimum Gasteiger partial charge on any atom is -0.268 e. The molecule has 0 saturated heterocycles. The van der Waals surface area contributed by atoms with E-state index in [1.54, 1.807) is 6.92 Å². The Labute approximate surface area is 122 Å². The molecule has 0 aromatic carbocycles. The van der Waals surface area contributed by atoms with Gasteiger partial charge in [-0.25, -0.2) is 27.8 Å². The lowest BCUT2D eigenvalue weighted by Crippen LogP contribution is -2.29. The molecular weight excluding hydrogens is 294 g/mol. The molecule has 0 fully saturated rings. The molecule has 1 N–H and O–H groups in total. The first-order chi connectivity index (χ1) is 9.65. The van der Waals surface area contributed by atoms with Crippen molar-refractivity contribution in [2.75, 3.05) is 6.26 Å². The maximum atomic E-state index is 11.9. The van der Waals surface area contributed by atoms with Crippen LogP contribution >= 0.6 is 0 Å². The highest BCUT2D eigenvalue weighted by Crippen LogP contribution is 2.10. The van der Waals surface area contributed by atoms with Gasteiger partial charge in [0.1, 0.15) is 0 Å². The maximum absolute atomic E-state index is 11.9. The van der Waals surface area contributed by atoms with Gasteiger partial charge >= 0.3 is 0 Å². The fourth-order valence-electron chi connectivity index (χ4n) is 1.82. The molecule has 0 aliphatic carbocycles. The van der Waals surface area contributed by atoms with Crippen molar-refractivity contribution in [1.29, 1.82) is 0 Å². The lowest BCUT2D eigenvalue weighted by Gasteiger charge is -2.02. The number of aromatic nitrogens is 4.